The Kier molecular flexibility index (Phi) is 7.38. The Morgan fingerprint density at radius 2 is 1.92 bits per heavy atom. The predicted molar refractivity (Wildman–Crippen MR) is 98.3 cm³/mol. The van der Waals surface area contributed by atoms with Gasteiger partial charge in [0.15, 0.2) is 0 Å². The summed E-state index contributed by atoms with van der Waals surface area (Å²) in [6.45, 7) is 8.66. The van der Waals surface area contributed by atoms with E-state index in [0.29, 0.717) is 18.3 Å². The van der Waals surface area contributed by atoms with Crippen LogP contribution in [0.4, 0.5) is 0 Å². The molecular formula is C17H26ClN5O. The fraction of sp³-hybridized carbons (Fsp3) is 0.471. The van der Waals surface area contributed by atoms with E-state index < -0.39 is 0 Å². The van der Waals surface area contributed by atoms with Crippen molar-refractivity contribution in [1.82, 2.24) is 25.4 Å². The molecule has 1 aromatic heterocycles. The number of amides is 1. The number of carbonyl (C=O) groups excluding carboxylic acids is 1. The zero-order valence-electron chi connectivity index (χ0n) is 14.8. The number of carbonyl (C=O) groups is 1. The Hall–Kier alpha value is -1.92. The third-order valence-electron chi connectivity index (χ3n) is 3.82. The Balaban J connectivity index is 0.00000288. The van der Waals surface area contributed by atoms with Gasteiger partial charge in [-0.05, 0) is 38.4 Å². The molecule has 2 aromatic rings. The first-order valence-electron chi connectivity index (χ1n) is 7.92. The highest BCUT2D eigenvalue weighted by atomic mass is 35.5. The highest BCUT2D eigenvalue weighted by Gasteiger charge is 2.17. The standard InChI is InChI=1S/C17H25N5O.ClH/c1-11(2)14-8-6-7-9-15(14)22-13(4)20-16(21-22)17(23)19-10-12(3)18-5;/h6-9,11-12,18H,10H2,1-5H3,(H,19,23);1H. The number of nitrogens with one attached hydrogen (secondary N) is 2. The number of aryl methyl sites for hydroxylation is 1. The molecule has 0 aliphatic rings. The zero-order chi connectivity index (χ0) is 17.0. The monoisotopic (exact) mass is 351 g/mol. The molecule has 6 nitrogen and oxygen atoms in total. The van der Waals surface area contributed by atoms with Crippen molar-refractivity contribution >= 4 is 18.3 Å². The summed E-state index contributed by atoms with van der Waals surface area (Å²) in [5.41, 5.74) is 2.14. The summed E-state index contributed by atoms with van der Waals surface area (Å²) in [7, 11) is 1.86. The van der Waals surface area contributed by atoms with Crippen LogP contribution >= 0.6 is 12.4 Å². The molecule has 0 fully saturated rings. The van der Waals surface area contributed by atoms with Gasteiger partial charge in [-0.15, -0.1) is 17.5 Å². The van der Waals surface area contributed by atoms with E-state index in [2.05, 4.69) is 40.6 Å². The van der Waals surface area contributed by atoms with Gasteiger partial charge in [0.05, 0.1) is 5.69 Å². The number of nitrogens with zero attached hydrogens (tertiary/aromatic N) is 3. The molecule has 2 rings (SSSR count). The van der Waals surface area contributed by atoms with Crippen molar-refractivity contribution in [2.45, 2.75) is 39.7 Å². The predicted octanol–water partition coefficient (Wildman–Crippen LogP) is 2.46. The van der Waals surface area contributed by atoms with Gasteiger partial charge in [-0.2, -0.15) is 0 Å². The minimum Gasteiger partial charge on any atom is -0.348 e. The van der Waals surface area contributed by atoms with Crippen LogP contribution in [0.3, 0.4) is 0 Å². The fourth-order valence-corrected chi connectivity index (χ4v) is 2.31. The van der Waals surface area contributed by atoms with Gasteiger partial charge in [0.25, 0.3) is 5.91 Å². The molecule has 0 radical (unpaired) electrons. The summed E-state index contributed by atoms with van der Waals surface area (Å²) < 4.78 is 1.74. The van der Waals surface area contributed by atoms with Gasteiger partial charge in [0, 0.05) is 12.6 Å². The van der Waals surface area contributed by atoms with E-state index >= 15 is 0 Å². The highest BCUT2D eigenvalue weighted by Crippen LogP contribution is 2.23. The van der Waals surface area contributed by atoms with Crippen LogP contribution in [0.2, 0.25) is 0 Å². The number of hydrogen-bond acceptors (Lipinski definition) is 4. The smallest absolute Gasteiger partial charge is 0.291 e. The van der Waals surface area contributed by atoms with Gasteiger partial charge < -0.3 is 10.6 Å². The number of aromatic nitrogens is 3. The summed E-state index contributed by atoms with van der Waals surface area (Å²) in [6.07, 6.45) is 0. The summed E-state index contributed by atoms with van der Waals surface area (Å²) >= 11 is 0. The lowest BCUT2D eigenvalue weighted by molar-refractivity contribution is 0.0940. The van der Waals surface area contributed by atoms with Crippen molar-refractivity contribution in [2.24, 2.45) is 0 Å². The highest BCUT2D eigenvalue weighted by molar-refractivity contribution is 5.90. The Labute approximate surface area is 149 Å². The van der Waals surface area contributed by atoms with E-state index in [1.165, 1.54) is 5.56 Å². The second-order valence-corrected chi connectivity index (χ2v) is 6.01. The lowest BCUT2D eigenvalue weighted by Crippen LogP contribution is -2.37. The number of hydrogen-bond donors (Lipinski definition) is 2. The van der Waals surface area contributed by atoms with Gasteiger partial charge in [-0.1, -0.05) is 32.0 Å². The van der Waals surface area contributed by atoms with Crippen LogP contribution in [0.15, 0.2) is 24.3 Å². The number of benzene rings is 1. The summed E-state index contributed by atoms with van der Waals surface area (Å²) in [5, 5.41) is 10.3. The van der Waals surface area contributed by atoms with Crippen molar-refractivity contribution in [3.05, 3.63) is 41.5 Å². The second-order valence-electron chi connectivity index (χ2n) is 6.01. The van der Waals surface area contributed by atoms with Crippen LogP contribution in [0.25, 0.3) is 5.69 Å². The maximum atomic E-state index is 12.2. The minimum absolute atomic E-state index is 0. The van der Waals surface area contributed by atoms with Crippen molar-refractivity contribution in [3.8, 4) is 5.69 Å². The van der Waals surface area contributed by atoms with E-state index in [1.54, 1.807) is 4.68 Å². The van der Waals surface area contributed by atoms with E-state index in [0.717, 1.165) is 5.69 Å². The number of likely N-dealkylation sites (N-methyl/N-ethyl adjacent to an activating group) is 1. The third kappa shape index (κ3) is 4.55. The first-order valence-corrected chi connectivity index (χ1v) is 7.92. The molecule has 1 amide bonds. The molecule has 0 bridgehead atoms. The summed E-state index contributed by atoms with van der Waals surface area (Å²) in [6, 6.07) is 8.26. The van der Waals surface area contributed by atoms with E-state index in [4.69, 9.17) is 0 Å². The molecule has 132 valence electrons. The average molecular weight is 352 g/mol. The largest absolute Gasteiger partial charge is 0.348 e. The fourth-order valence-electron chi connectivity index (χ4n) is 2.31. The van der Waals surface area contributed by atoms with Crippen LogP contribution in [0.5, 0.6) is 0 Å². The molecule has 24 heavy (non-hydrogen) atoms. The Morgan fingerprint density at radius 3 is 2.54 bits per heavy atom. The summed E-state index contributed by atoms with van der Waals surface area (Å²) in [4.78, 5) is 16.5. The molecule has 0 spiro atoms. The molecule has 0 aliphatic heterocycles. The molecule has 2 N–H and O–H groups in total. The van der Waals surface area contributed by atoms with Gasteiger partial charge in [-0.25, -0.2) is 9.67 Å². The third-order valence-corrected chi connectivity index (χ3v) is 3.82. The molecule has 0 saturated heterocycles. The maximum Gasteiger partial charge on any atom is 0.291 e. The topological polar surface area (TPSA) is 71.8 Å². The molecule has 0 aliphatic carbocycles. The second kappa shape index (κ2) is 8.80. The van der Waals surface area contributed by atoms with E-state index in [1.807, 2.05) is 39.1 Å². The van der Waals surface area contributed by atoms with Gasteiger partial charge in [-0.3, -0.25) is 4.79 Å². The Morgan fingerprint density at radius 1 is 1.25 bits per heavy atom. The molecule has 1 atom stereocenters. The van der Waals surface area contributed by atoms with E-state index in [9.17, 15) is 4.79 Å². The van der Waals surface area contributed by atoms with Crippen LogP contribution < -0.4 is 10.6 Å². The van der Waals surface area contributed by atoms with Gasteiger partial charge >= 0.3 is 0 Å². The van der Waals surface area contributed by atoms with Crippen LogP contribution in [-0.4, -0.2) is 40.3 Å². The average Bonchev–Trinajstić information content (AvgIpc) is 2.93. The van der Waals surface area contributed by atoms with Crippen LogP contribution in [0.1, 0.15) is 48.7 Å². The molecule has 1 aromatic carbocycles. The SMILES string of the molecule is CNC(C)CNC(=O)c1nc(C)n(-c2ccccc2C(C)C)n1.Cl. The Bertz CT molecular complexity index is 683. The number of para-hydroxylation sites is 1. The van der Waals surface area contributed by atoms with Crippen molar-refractivity contribution < 1.29 is 4.79 Å². The normalized spacial score (nSPS) is 11.9. The molecule has 1 heterocycles. The lowest BCUT2D eigenvalue weighted by atomic mass is 10.0. The van der Waals surface area contributed by atoms with Crippen molar-refractivity contribution in [2.75, 3.05) is 13.6 Å². The van der Waals surface area contributed by atoms with E-state index in [-0.39, 0.29) is 30.2 Å². The van der Waals surface area contributed by atoms with Crippen LogP contribution in [-0.2, 0) is 0 Å². The number of rotatable bonds is 6. The van der Waals surface area contributed by atoms with Crippen molar-refractivity contribution in [3.63, 3.8) is 0 Å². The minimum atomic E-state index is -0.254. The van der Waals surface area contributed by atoms with Crippen molar-refractivity contribution in [1.29, 1.82) is 0 Å². The molecular weight excluding hydrogens is 326 g/mol. The number of halogens is 1. The molecule has 7 heteroatoms. The van der Waals surface area contributed by atoms with Gasteiger partial charge in [0.2, 0.25) is 5.82 Å². The van der Waals surface area contributed by atoms with Gasteiger partial charge in [0.1, 0.15) is 5.82 Å². The molecule has 0 saturated carbocycles. The first kappa shape index (κ1) is 20.1. The quantitative estimate of drug-likeness (QED) is 0.838. The molecule has 1 unspecified atom stereocenters. The zero-order valence-corrected chi connectivity index (χ0v) is 15.6. The summed E-state index contributed by atoms with van der Waals surface area (Å²) in [5.74, 6) is 1.01. The lowest BCUT2D eigenvalue weighted by Gasteiger charge is -2.12. The first-order chi connectivity index (χ1) is 10.9. The van der Waals surface area contributed by atoms with Crippen LogP contribution in [0, 0.1) is 6.92 Å². The maximum absolute atomic E-state index is 12.2.